The summed E-state index contributed by atoms with van der Waals surface area (Å²) in [5, 5.41) is 11.1. The van der Waals surface area contributed by atoms with Gasteiger partial charge in [-0.2, -0.15) is 5.10 Å². The molecule has 0 spiro atoms. The molecule has 90 valence electrons. The number of hydrogen-bond acceptors (Lipinski definition) is 2. The minimum absolute atomic E-state index is 0.758. The highest BCUT2D eigenvalue weighted by Gasteiger charge is 2.06. The standard InChI is InChI=1S/C13H16ClN3/c1-15-8-2-3-13-12(9-16-17-13)10-4-6-11(14)7-5-10/h4-7,9,15H,2-3,8H2,1H3,(H,16,17). The number of aromatic amines is 1. The lowest BCUT2D eigenvalue weighted by Gasteiger charge is -2.03. The van der Waals surface area contributed by atoms with Gasteiger partial charge in [0.25, 0.3) is 0 Å². The maximum atomic E-state index is 5.88. The second kappa shape index (κ2) is 5.84. The smallest absolute Gasteiger partial charge is 0.0568 e. The lowest BCUT2D eigenvalue weighted by molar-refractivity contribution is 0.714. The van der Waals surface area contributed by atoms with Gasteiger partial charge in [0.2, 0.25) is 0 Å². The van der Waals surface area contributed by atoms with Crippen LogP contribution < -0.4 is 5.32 Å². The molecule has 0 unspecified atom stereocenters. The maximum absolute atomic E-state index is 5.88. The van der Waals surface area contributed by atoms with Crippen LogP contribution in [-0.2, 0) is 6.42 Å². The summed E-state index contributed by atoms with van der Waals surface area (Å²) in [6.07, 6.45) is 3.97. The Hall–Kier alpha value is -1.32. The molecule has 0 radical (unpaired) electrons. The third-order valence-corrected chi connectivity index (χ3v) is 2.98. The lowest BCUT2D eigenvalue weighted by Crippen LogP contribution is -2.08. The van der Waals surface area contributed by atoms with Gasteiger partial charge in [-0.25, -0.2) is 0 Å². The average molecular weight is 250 g/mol. The summed E-state index contributed by atoms with van der Waals surface area (Å²) < 4.78 is 0. The molecule has 1 aromatic carbocycles. The first-order valence-electron chi connectivity index (χ1n) is 5.74. The third-order valence-electron chi connectivity index (χ3n) is 2.73. The van der Waals surface area contributed by atoms with E-state index in [1.165, 1.54) is 5.69 Å². The van der Waals surface area contributed by atoms with Gasteiger partial charge in [-0.05, 0) is 44.1 Å². The van der Waals surface area contributed by atoms with Crippen molar-refractivity contribution >= 4 is 11.6 Å². The predicted molar refractivity (Wildman–Crippen MR) is 71.3 cm³/mol. The third kappa shape index (κ3) is 3.08. The van der Waals surface area contributed by atoms with Crippen LogP contribution in [0.5, 0.6) is 0 Å². The summed E-state index contributed by atoms with van der Waals surface area (Å²) in [5.41, 5.74) is 3.50. The molecule has 1 heterocycles. The highest BCUT2D eigenvalue weighted by Crippen LogP contribution is 2.24. The van der Waals surface area contributed by atoms with Gasteiger partial charge in [0.15, 0.2) is 0 Å². The van der Waals surface area contributed by atoms with E-state index < -0.39 is 0 Å². The maximum Gasteiger partial charge on any atom is 0.0568 e. The predicted octanol–water partition coefficient (Wildman–Crippen LogP) is 2.88. The first kappa shape index (κ1) is 12.1. The monoisotopic (exact) mass is 249 g/mol. The van der Waals surface area contributed by atoms with Gasteiger partial charge in [-0.3, -0.25) is 5.10 Å². The van der Waals surface area contributed by atoms with Gasteiger partial charge in [0.1, 0.15) is 0 Å². The number of rotatable bonds is 5. The number of hydrogen-bond donors (Lipinski definition) is 2. The molecule has 0 amide bonds. The molecule has 0 atom stereocenters. The van der Waals surface area contributed by atoms with Crippen molar-refractivity contribution in [2.45, 2.75) is 12.8 Å². The highest BCUT2D eigenvalue weighted by atomic mass is 35.5. The quantitative estimate of drug-likeness (QED) is 0.800. The molecule has 0 fully saturated rings. The topological polar surface area (TPSA) is 40.7 Å². The molecule has 4 heteroatoms. The van der Waals surface area contributed by atoms with Crippen molar-refractivity contribution in [3.05, 3.63) is 41.2 Å². The van der Waals surface area contributed by atoms with E-state index in [4.69, 9.17) is 11.6 Å². The van der Waals surface area contributed by atoms with Gasteiger partial charge in [0.05, 0.1) is 6.20 Å². The molecule has 3 nitrogen and oxygen atoms in total. The van der Waals surface area contributed by atoms with Crippen molar-refractivity contribution in [2.75, 3.05) is 13.6 Å². The minimum atomic E-state index is 0.758. The molecule has 17 heavy (non-hydrogen) atoms. The second-order valence-corrected chi connectivity index (χ2v) is 4.41. The number of aryl methyl sites for hydroxylation is 1. The SMILES string of the molecule is CNCCCc1[nH]ncc1-c1ccc(Cl)cc1. The Kier molecular flexibility index (Phi) is 4.18. The molecule has 0 saturated carbocycles. The van der Waals surface area contributed by atoms with Crippen LogP contribution in [0.3, 0.4) is 0 Å². The van der Waals surface area contributed by atoms with Crippen LogP contribution in [-0.4, -0.2) is 23.8 Å². The fourth-order valence-electron chi connectivity index (χ4n) is 1.82. The number of benzene rings is 1. The number of H-pyrrole nitrogens is 1. The fourth-order valence-corrected chi connectivity index (χ4v) is 1.95. The zero-order valence-corrected chi connectivity index (χ0v) is 10.6. The van der Waals surface area contributed by atoms with Crippen molar-refractivity contribution in [3.8, 4) is 11.1 Å². The van der Waals surface area contributed by atoms with Crippen LogP contribution in [0.15, 0.2) is 30.5 Å². The molecule has 0 aliphatic carbocycles. The van der Waals surface area contributed by atoms with Gasteiger partial charge in [-0.1, -0.05) is 23.7 Å². The van der Waals surface area contributed by atoms with Crippen LogP contribution in [0.1, 0.15) is 12.1 Å². The van der Waals surface area contributed by atoms with E-state index in [1.54, 1.807) is 0 Å². The van der Waals surface area contributed by atoms with E-state index in [0.717, 1.165) is 35.5 Å². The van der Waals surface area contributed by atoms with E-state index in [2.05, 4.69) is 15.5 Å². The Bertz CT molecular complexity index is 462. The Morgan fingerprint density at radius 2 is 2.06 bits per heavy atom. The average Bonchev–Trinajstić information content (AvgIpc) is 2.79. The van der Waals surface area contributed by atoms with Crippen molar-refractivity contribution in [1.82, 2.24) is 15.5 Å². The Balaban J connectivity index is 2.15. The van der Waals surface area contributed by atoms with Crippen molar-refractivity contribution < 1.29 is 0 Å². The number of aromatic nitrogens is 2. The van der Waals surface area contributed by atoms with Crippen LogP contribution in [0, 0.1) is 0 Å². The molecule has 0 aliphatic rings. The molecule has 0 bridgehead atoms. The van der Waals surface area contributed by atoms with Gasteiger partial charge < -0.3 is 5.32 Å². The fraction of sp³-hybridized carbons (Fsp3) is 0.308. The van der Waals surface area contributed by atoms with Crippen molar-refractivity contribution in [2.24, 2.45) is 0 Å². The van der Waals surface area contributed by atoms with Crippen LogP contribution in [0.25, 0.3) is 11.1 Å². The Labute approximate surface area is 106 Å². The molecule has 2 rings (SSSR count). The van der Waals surface area contributed by atoms with E-state index in [0.29, 0.717) is 0 Å². The summed E-state index contributed by atoms with van der Waals surface area (Å²) in [5.74, 6) is 0. The summed E-state index contributed by atoms with van der Waals surface area (Å²) in [6, 6.07) is 7.85. The molecule has 2 aromatic rings. The first-order chi connectivity index (χ1) is 8.31. The van der Waals surface area contributed by atoms with E-state index >= 15 is 0 Å². The molecule has 1 aromatic heterocycles. The number of nitrogens with one attached hydrogen (secondary N) is 2. The molecule has 0 aliphatic heterocycles. The van der Waals surface area contributed by atoms with Crippen LogP contribution >= 0.6 is 11.6 Å². The van der Waals surface area contributed by atoms with Crippen LogP contribution in [0.2, 0.25) is 5.02 Å². The number of nitrogens with zero attached hydrogens (tertiary/aromatic N) is 1. The second-order valence-electron chi connectivity index (χ2n) is 3.98. The number of halogens is 1. The molecular weight excluding hydrogens is 234 g/mol. The zero-order valence-electron chi connectivity index (χ0n) is 9.83. The Morgan fingerprint density at radius 3 is 2.76 bits per heavy atom. The van der Waals surface area contributed by atoms with Crippen molar-refractivity contribution in [3.63, 3.8) is 0 Å². The summed E-state index contributed by atoms with van der Waals surface area (Å²) in [6.45, 7) is 1.01. The van der Waals surface area contributed by atoms with E-state index in [1.807, 2.05) is 37.5 Å². The Morgan fingerprint density at radius 1 is 1.29 bits per heavy atom. The van der Waals surface area contributed by atoms with Gasteiger partial charge in [0, 0.05) is 16.3 Å². The summed E-state index contributed by atoms with van der Waals surface area (Å²) >= 11 is 5.88. The summed E-state index contributed by atoms with van der Waals surface area (Å²) in [4.78, 5) is 0. The lowest BCUT2D eigenvalue weighted by atomic mass is 10.0. The highest BCUT2D eigenvalue weighted by molar-refractivity contribution is 6.30. The normalized spacial score (nSPS) is 10.7. The first-order valence-corrected chi connectivity index (χ1v) is 6.12. The summed E-state index contributed by atoms with van der Waals surface area (Å²) in [7, 11) is 1.97. The van der Waals surface area contributed by atoms with Gasteiger partial charge >= 0.3 is 0 Å². The van der Waals surface area contributed by atoms with E-state index in [-0.39, 0.29) is 0 Å². The van der Waals surface area contributed by atoms with E-state index in [9.17, 15) is 0 Å². The van der Waals surface area contributed by atoms with Gasteiger partial charge in [-0.15, -0.1) is 0 Å². The zero-order chi connectivity index (χ0) is 12.1. The molecule has 0 saturated heterocycles. The largest absolute Gasteiger partial charge is 0.320 e. The minimum Gasteiger partial charge on any atom is -0.320 e. The molecule has 2 N–H and O–H groups in total. The van der Waals surface area contributed by atoms with Crippen LogP contribution in [0.4, 0.5) is 0 Å². The molecular formula is C13H16ClN3. The van der Waals surface area contributed by atoms with Crippen molar-refractivity contribution in [1.29, 1.82) is 0 Å².